The van der Waals surface area contributed by atoms with Gasteiger partial charge in [0.15, 0.2) is 0 Å². The maximum absolute atomic E-state index is 12.8. The molecule has 1 saturated carbocycles. The third kappa shape index (κ3) is 8.58. The number of hydrogen-bond acceptors (Lipinski definition) is 9. The third-order valence-corrected chi connectivity index (χ3v) is 5.41. The summed E-state index contributed by atoms with van der Waals surface area (Å²) in [6.07, 6.45) is -8.50. The van der Waals surface area contributed by atoms with E-state index in [-0.39, 0.29) is 6.04 Å². The number of halogens is 3. The van der Waals surface area contributed by atoms with Gasteiger partial charge in [-0.25, -0.2) is 14.4 Å². The minimum Gasteiger partial charge on any atom is -0.481 e. The van der Waals surface area contributed by atoms with Crippen LogP contribution in [0.1, 0.15) is 45.4 Å². The first-order valence-corrected chi connectivity index (χ1v) is 10.9. The number of nitrogens with two attached hydrogens (primary N) is 1. The molecule has 1 heterocycles. The number of carbonyl (C=O) groups excluding carboxylic acids is 3. The summed E-state index contributed by atoms with van der Waals surface area (Å²) in [5.41, 5.74) is 5.87. The van der Waals surface area contributed by atoms with E-state index >= 15 is 0 Å². The van der Waals surface area contributed by atoms with Crippen LogP contribution in [0.15, 0.2) is 11.8 Å². The fourth-order valence-corrected chi connectivity index (χ4v) is 3.80. The highest BCUT2D eigenvalue weighted by molar-refractivity contribution is 5.84. The van der Waals surface area contributed by atoms with Gasteiger partial charge in [-0.1, -0.05) is 19.3 Å². The smallest absolute Gasteiger partial charge is 0.481 e. The molecule has 0 radical (unpaired) electrons. The molecule has 0 aromatic heterocycles. The van der Waals surface area contributed by atoms with E-state index in [2.05, 4.69) is 15.4 Å². The van der Waals surface area contributed by atoms with Crippen LogP contribution in [0.2, 0.25) is 0 Å². The van der Waals surface area contributed by atoms with Crippen LogP contribution in [0.4, 0.5) is 18.0 Å². The number of alkyl carbamates (subject to hydrolysis) is 1. The van der Waals surface area contributed by atoms with E-state index in [1.54, 1.807) is 0 Å². The number of aliphatic carboxylic acids is 1. The first kappa shape index (κ1) is 28.2. The summed E-state index contributed by atoms with van der Waals surface area (Å²) >= 11 is 0. The number of nitrogens with one attached hydrogen (secondary N) is 2. The van der Waals surface area contributed by atoms with E-state index in [0.717, 1.165) is 32.3 Å². The van der Waals surface area contributed by atoms with Gasteiger partial charge in [-0.3, -0.25) is 4.79 Å². The summed E-state index contributed by atoms with van der Waals surface area (Å²) in [5, 5.41) is 24.6. The summed E-state index contributed by atoms with van der Waals surface area (Å²) in [7, 11) is 0. The molecule has 1 aliphatic heterocycles. The Bertz CT molecular complexity index is 830. The van der Waals surface area contributed by atoms with Crippen molar-refractivity contribution in [1.29, 1.82) is 0 Å². The van der Waals surface area contributed by atoms with Crippen LogP contribution in [0, 0.1) is 0 Å². The van der Waals surface area contributed by atoms with Gasteiger partial charge in [-0.05, 0) is 18.9 Å². The van der Waals surface area contributed by atoms with Crippen molar-refractivity contribution in [3.05, 3.63) is 11.8 Å². The maximum atomic E-state index is 12.8. The summed E-state index contributed by atoms with van der Waals surface area (Å²) in [4.78, 5) is 46.5. The summed E-state index contributed by atoms with van der Waals surface area (Å²) < 4.78 is 52.5. The van der Waals surface area contributed by atoms with Gasteiger partial charge in [-0.2, -0.15) is 13.2 Å². The largest absolute Gasteiger partial charge is 0.491 e. The molecule has 2 rings (SSSR count). The molecule has 0 aromatic rings. The molecule has 0 saturated heterocycles. The number of hydrogen-bond donors (Lipinski definition) is 5. The third-order valence-electron chi connectivity index (χ3n) is 5.41. The SMILES string of the molecule is CC(=O)N[C@@H]1[C@@H](N)C=C(C(=O)O)O[C@@H]1CC(O)C(OC(=O)NC1CCCCC1)OC(=O)C(F)(F)F. The molecule has 1 aliphatic carbocycles. The normalized spacial score (nSPS) is 24.7. The summed E-state index contributed by atoms with van der Waals surface area (Å²) in [5.74, 6) is -5.47. The van der Waals surface area contributed by atoms with Gasteiger partial charge in [0, 0.05) is 19.4 Å². The number of aliphatic hydroxyl groups excluding tert-OH is 1. The first-order chi connectivity index (χ1) is 16.3. The van der Waals surface area contributed by atoms with Gasteiger partial charge >= 0.3 is 24.2 Å². The van der Waals surface area contributed by atoms with Gasteiger partial charge in [0.2, 0.25) is 11.7 Å². The number of carbonyl (C=O) groups is 4. The number of amides is 2. The van der Waals surface area contributed by atoms with E-state index in [4.69, 9.17) is 15.2 Å². The molecule has 2 amide bonds. The lowest BCUT2D eigenvalue weighted by molar-refractivity contribution is -0.232. The maximum Gasteiger partial charge on any atom is 0.491 e. The predicted octanol–water partition coefficient (Wildman–Crippen LogP) is 0.427. The van der Waals surface area contributed by atoms with Crippen LogP contribution < -0.4 is 16.4 Å². The molecule has 35 heavy (non-hydrogen) atoms. The van der Waals surface area contributed by atoms with E-state index in [0.29, 0.717) is 12.8 Å². The second kappa shape index (κ2) is 12.1. The Kier molecular flexibility index (Phi) is 9.71. The van der Waals surface area contributed by atoms with Crippen molar-refractivity contribution in [3.8, 4) is 0 Å². The fourth-order valence-electron chi connectivity index (χ4n) is 3.80. The minimum absolute atomic E-state index is 0.306. The van der Waals surface area contributed by atoms with Crippen LogP contribution in [0.25, 0.3) is 0 Å². The Labute approximate surface area is 197 Å². The number of carboxylic acids is 1. The lowest BCUT2D eigenvalue weighted by Gasteiger charge is -2.37. The number of rotatable bonds is 8. The Morgan fingerprint density at radius 1 is 1.17 bits per heavy atom. The number of esters is 1. The molecule has 5 atom stereocenters. The van der Waals surface area contributed by atoms with E-state index in [1.165, 1.54) is 0 Å². The van der Waals surface area contributed by atoms with Crippen LogP contribution in [-0.2, 0) is 28.6 Å². The molecule has 0 spiro atoms. The second-order valence-electron chi connectivity index (χ2n) is 8.26. The zero-order chi connectivity index (χ0) is 26.3. The highest BCUT2D eigenvalue weighted by Gasteiger charge is 2.46. The van der Waals surface area contributed by atoms with Crippen molar-refractivity contribution < 1.29 is 56.8 Å². The first-order valence-electron chi connectivity index (χ1n) is 10.9. The second-order valence-corrected chi connectivity index (χ2v) is 8.26. The van der Waals surface area contributed by atoms with Crippen LogP contribution >= 0.6 is 0 Å². The number of alkyl halides is 3. The van der Waals surface area contributed by atoms with Gasteiger partial charge in [0.05, 0.1) is 12.1 Å². The highest BCUT2D eigenvalue weighted by atomic mass is 19.4. The Morgan fingerprint density at radius 3 is 2.34 bits per heavy atom. The average Bonchev–Trinajstić information content (AvgIpc) is 2.75. The van der Waals surface area contributed by atoms with E-state index < -0.39 is 72.9 Å². The summed E-state index contributed by atoms with van der Waals surface area (Å²) in [6.45, 7) is 1.13. The molecule has 2 aliphatic rings. The van der Waals surface area contributed by atoms with Gasteiger partial charge in [-0.15, -0.1) is 0 Å². The molecule has 6 N–H and O–H groups in total. The van der Waals surface area contributed by atoms with Crippen molar-refractivity contribution in [2.75, 3.05) is 0 Å². The zero-order valence-corrected chi connectivity index (χ0v) is 18.7. The van der Waals surface area contributed by atoms with Crippen molar-refractivity contribution >= 4 is 23.9 Å². The molecule has 198 valence electrons. The minimum atomic E-state index is -5.46. The Morgan fingerprint density at radius 2 is 1.80 bits per heavy atom. The lowest BCUT2D eigenvalue weighted by Crippen LogP contribution is -2.58. The summed E-state index contributed by atoms with van der Waals surface area (Å²) in [6, 6.07) is -2.53. The van der Waals surface area contributed by atoms with Gasteiger partial charge in [0.25, 0.3) is 6.29 Å². The van der Waals surface area contributed by atoms with Gasteiger partial charge < -0.3 is 40.8 Å². The molecule has 0 aromatic carbocycles. The molecule has 0 bridgehead atoms. The molecule has 15 heteroatoms. The highest BCUT2D eigenvalue weighted by Crippen LogP contribution is 2.25. The van der Waals surface area contributed by atoms with Crippen LogP contribution in [0.3, 0.4) is 0 Å². The van der Waals surface area contributed by atoms with E-state index in [9.17, 15) is 42.6 Å². The monoisotopic (exact) mass is 511 g/mol. The van der Waals surface area contributed by atoms with Crippen molar-refractivity contribution in [2.45, 2.75) is 88.2 Å². The fraction of sp³-hybridized carbons (Fsp3) is 0.700. The Hall–Kier alpha value is -3.07. The molecular formula is C20H28F3N3O9. The lowest BCUT2D eigenvalue weighted by atomic mass is 9.94. The number of aliphatic hydroxyl groups is 1. The molecule has 12 nitrogen and oxygen atoms in total. The molecular weight excluding hydrogens is 483 g/mol. The quantitative estimate of drug-likeness (QED) is 0.226. The van der Waals surface area contributed by atoms with Crippen molar-refractivity contribution in [2.24, 2.45) is 5.73 Å². The van der Waals surface area contributed by atoms with Crippen LogP contribution in [-0.4, -0.2) is 77.0 Å². The van der Waals surface area contributed by atoms with Crippen molar-refractivity contribution in [1.82, 2.24) is 10.6 Å². The van der Waals surface area contributed by atoms with E-state index in [1.807, 2.05) is 0 Å². The topological polar surface area (TPSA) is 187 Å². The zero-order valence-electron chi connectivity index (χ0n) is 18.7. The molecule has 2 unspecified atom stereocenters. The molecule has 1 fully saturated rings. The standard InChI is InChI=1S/C20H28F3N3O9/c1-9(27)25-15-11(24)7-14(16(29)30)33-13(15)8-12(28)17(34-18(31)20(21,22)23)35-19(32)26-10-5-3-2-4-6-10/h7,10-13,15,17,28H,2-6,8,24H2,1H3,(H,25,27)(H,26,32)(H,29,30)/t11-,12?,13+,15+,17?/m0/s1. The number of carboxylic acid groups (broad SMARTS) is 1. The van der Waals surface area contributed by atoms with Crippen molar-refractivity contribution in [3.63, 3.8) is 0 Å². The van der Waals surface area contributed by atoms with Gasteiger partial charge in [0.1, 0.15) is 12.2 Å². The number of ether oxygens (including phenoxy) is 3. The van der Waals surface area contributed by atoms with Crippen LogP contribution in [0.5, 0.6) is 0 Å². The average molecular weight is 511 g/mol. The Balaban J connectivity index is 2.19. The predicted molar refractivity (Wildman–Crippen MR) is 109 cm³/mol.